The van der Waals surface area contributed by atoms with Crippen LogP contribution in [0.3, 0.4) is 0 Å². The Morgan fingerprint density at radius 2 is 2.47 bits per heavy atom. The Morgan fingerprint density at radius 1 is 1.68 bits per heavy atom. The number of rotatable bonds is 5. The summed E-state index contributed by atoms with van der Waals surface area (Å²) >= 11 is 0. The first-order chi connectivity index (χ1) is 9.02. The van der Waals surface area contributed by atoms with Gasteiger partial charge < -0.3 is 15.5 Å². The third-order valence-electron chi connectivity index (χ3n) is 4.33. The van der Waals surface area contributed by atoms with Crippen molar-refractivity contribution in [1.82, 2.24) is 5.32 Å². The van der Waals surface area contributed by atoms with Crippen molar-refractivity contribution in [2.45, 2.75) is 58.0 Å². The van der Waals surface area contributed by atoms with E-state index in [1.807, 2.05) is 26.0 Å². The number of hydrogen-bond donors (Lipinski definition) is 2. The van der Waals surface area contributed by atoms with Gasteiger partial charge in [0.05, 0.1) is 11.7 Å². The van der Waals surface area contributed by atoms with Gasteiger partial charge in [-0.05, 0) is 45.2 Å². The molecular weight excluding hydrogens is 240 g/mol. The summed E-state index contributed by atoms with van der Waals surface area (Å²) in [6.07, 6.45) is 6.29. The molecule has 0 aliphatic heterocycles. The lowest BCUT2D eigenvalue weighted by atomic mass is 9.84. The van der Waals surface area contributed by atoms with Crippen LogP contribution in [0.15, 0.2) is 22.8 Å². The largest absolute Gasteiger partial charge is 0.469 e. The zero-order chi connectivity index (χ0) is 13.9. The van der Waals surface area contributed by atoms with E-state index >= 15 is 0 Å². The Balaban J connectivity index is 1.81. The highest BCUT2D eigenvalue weighted by atomic mass is 16.3. The first-order valence-electron chi connectivity index (χ1n) is 7.11. The molecule has 1 aromatic heterocycles. The quantitative estimate of drug-likeness (QED) is 0.857. The summed E-state index contributed by atoms with van der Waals surface area (Å²) in [4.78, 5) is 12.3. The summed E-state index contributed by atoms with van der Waals surface area (Å²) in [5.41, 5.74) is 5.68. The number of carbonyl (C=O) groups is 1. The van der Waals surface area contributed by atoms with Crippen LogP contribution in [-0.2, 0) is 11.2 Å². The predicted octanol–water partition coefficient (Wildman–Crippen LogP) is 2.23. The van der Waals surface area contributed by atoms with Crippen molar-refractivity contribution in [1.29, 1.82) is 0 Å². The molecule has 1 amide bonds. The molecule has 106 valence electrons. The molecule has 0 bridgehead atoms. The zero-order valence-corrected chi connectivity index (χ0v) is 11.8. The van der Waals surface area contributed by atoms with E-state index < -0.39 is 0 Å². The average molecular weight is 264 g/mol. The summed E-state index contributed by atoms with van der Waals surface area (Å²) in [7, 11) is 0. The second-order valence-corrected chi connectivity index (χ2v) is 5.91. The number of furan rings is 1. The molecule has 1 heterocycles. The maximum Gasteiger partial charge on any atom is 0.227 e. The van der Waals surface area contributed by atoms with Gasteiger partial charge in [-0.2, -0.15) is 0 Å². The maximum absolute atomic E-state index is 12.3. The third kappa shape index (κ3) is 3.18. The minimum Gasteiger partial charge on any atom is -0.469 e. The fourth-order valence-electron chi connectivity index (χ4n) is 2.75. The van der Waals surface area contributed by atoms with Crippen LogP contribution in [0.5, 0.6) is 0 Å². The summed E-state index contributed by atoms with van der Waals surface area (Å²) in [5.74, 6) is 1.06. The minimum atomic E-state index is -0.390. The molecule has 1 aliphatic rings. The van der Waals surface area contributed by atoms with E-state index in [1.54, 1.807) is 6.26 Å². The van der Waals surface area contributed by atoms with Crippen LogP contribution in [0.1, 0.15) is 45.3 Å². The Labute approximate surface area is 114 Å². The molecule has 1 saturated carbocycles. The molecule has 4 heteroatoms. The molecule has 1 aliphatic carbocycles. The smallest absolute Gasteiger partial charge is 0.227 e. The second kappa shape index (κ2) is 5.78. The highest BCUT2D eigenvalue weighted by Gasteiger charge is 2.43. The molecule has 2 rings (SSSR count). The fourth-order valence-corrected chi connectivity index (χ4v) is 2.75. The molecule has 3 atom stereocenters. The maximum atomic E-state index is 12.3. The van der Waals surface area contributed by atoms with Crippen molar-refractivity contribution in [3.63, 3.8) is 0 Å². The van der Waals surface area contributed by atoms with Crippen molar-refractivity contribution < 1.29 is 9.21 Å². The molecule has 4 nitrogen and oxygen atoms in total. The highest BCUT2D eigenvalue weighted by Crippen LogP contribution is 2.36. The number of carbonyl (C=O) groups excluding carboxylic acids is 1. The van der Waals surface area contributed by atoms with Gasteiger partial charge in [-0.15, -0.1) is 0 Å². The van der Waals surface area contributed by atoms with Crippen molar-refractivity contribution in [2.75, 3.05) is 0 Å². The molecule has 3 N–H and O–H groups in total. The molecule has 0 aromatic carbocycles. The lowest BCUT2D eigenvalue weighted by Crippen LogP contribution is -2.49. The van der Waals surface area contributed by atoms with E-state index in [1.165, 1.54) is 0 Å². The number of amides is 1. The van der Waals surface area contributed by atoms with Gasteiger partial charge in [0.2, 0.25) is 5.91 Å². The Bertz CT molecular complexity index is 416. The van der Waals surface area contributed by atoms with Crippen LogP contribution in [0, 0.1) is 5.41 Å². The van der Waals surface area contributed by atoms with E-state index in [0.29, 0.717) is 0 Å². The van der Waals surface area contributed by atoms with Crippen molar-refractivity contribution in [3.8, 4) is 0 Å². The molecule has 0 spiro atoms. The molecule has 1 aromatic rings. The highest BCUT2D eigenvalue weighted by molar-refractivity contribution is 5.83. The van der Waals surface area contributed by atoms with Crippen LogP contribution in [0.2, 0.25) is 0 Å². The van der Waals surface area contributed by atoms with Gasteiger partial charge in [-0.3, -0.25) is 4.79 Å². The number of hydrogen-bond acceptors (Lipinski definition) is 3. The third-order valence-corrected chi connectivity index (χ3v) is 4.33. The van der Waals surface area contributed by atoms with Gasteiger partial charge in [0.15, 0.2) is 0 Å². The van der Waals surface area contributed by atoms with E-state index in [2.05, 4.69) is 5.32 Å². The molecule has 0 radical (unpaired) electrons. The van der Waals surface area contributed by atoms with Gasteiger partial charge in [0.1, 0.15) is 5.76 Å². The zero-order valence-electron chi connectivity index (χ0n) is 11.8. The van der Waals surface area contributed by atoms with E-state index in [9.17, 15) is 4.79 Å². The monoisotopic (exact) mass is 264 g/mol. The van der Waals surface area contributed by atoms with Gasteiger partial charge in [0, 0.05) is 18.5 Å². The lowest BCUT2D eigenvalue weighted by molar-refractivity contribution is -0.131. The minimum absolute atomic E-state index is 0.00947. The van der Waals surface area contributed by atoms with E-state index in [4.69, 9.17) is 10.2 Å². The average Bonchev–Trinajstić information content (AvgIpc) is 2.99. The molecule has 3 unspecified atom stereocenters. The first-order valence-corrected chi connectivity index (χ1v) is 7.11. The van der Waals surface area contributed by atoms with Gasteiger partial charge in [0.25, 0.3) is 0 Å². The summed E-state index contributed by atoms with van der Waals surface area (Å²) in [6, 6.07) is 3.98. The summed E-state index contributed by atoms with van der Waals surface area (Å²) in [6.45, 7) is 4.02. The Hall–Kier alpha value is -1.29. The van der Waals surface area contributed by atoms with Crippen LogP contribution >= 0.6 is 0 Å². The van der Waals surface area contributed by atoms with Crippen LogP contribution in [0.25, 0.3) is 0 Å². The number of aryl methyl sites for hydroxylation is 1. The van der Waals surface area contributed by atoms with E-state index in [0.717, 1.165) is 37.9 Å². The normalized spacial score (nSPS) is 28.3. The van der Waals surface area contributed by atoms with Crippen LogP contribution < -0.4 is 11.1 Å². The predicted molar refractivity (Wildman–Crippen MR) is 74.6 cm³/mol. The van der Waals surface area contributed by atoms with Crippen LogP contribution in [-0.4, -0.2) is 18.0 Å². The number of nitrogens with one attached hydrogen (secondary N) is 1. The number of nitrogens with two attached hydrogens (primary N) is 1. The second-order valence-electron chi connectivity index (χ2n) is 5.91. The first kappa shape index (κ1) is 14.1. The molecule has 1 fully saturated rings. The Morgan fingerprint density at radius 3 is 3.05 bits per heavy atom. The SMILES string of the molecule is CC(CCc1ccco1)NC(=O)C1(C)CCCC1N. The van der Waals surface area contributed by atoms with E-state index in [-0.39, 0.29) is 23.4 Å². The lowest BCUT2D eigenvalue weighted by Gasteiger charge is -2.29. The molecular formula is C15H24N2O2. The summed E-state index contributed by atoms with van der Waals surface area (Å²) in [5, 5.41) is 3.09. The summed E-state index contributed by atoms with van der Waals surface area (Å²) < 4.78 is 5.29. The standard InChI is InChI=1S/C15H24N2O2/c1-11(7-8-12-5-4-10-19-12)17-14(18)15(2)9-3-6-13(15)16/h4-5,10-11,13H,3,6-9,16H2,1-2H3,(H,17,18). The van der Waals surface area contributed by atoms with Gasteiger partial charge in [-0.1, -0.05) is 6.42 Å². The van der Waals surface area contributed by atoms with Gasteiger partial charge >= 0.3 is 0 Å². The molecule has 19 heavy (non-hydrogen) atoms. The Kier molecular flexibility index (Phi) is 4.30. The van der Waals surface area contributed by atoms with Gasteiger partial charge in [-0.25, -0.2) is 0 Å². The van der Waals surface area contributed by atoms with Crippen molar-refractivity contribution in [3.05, 3.63) is 24.2 Å². The fraction of sp³-hybridized carbons (Fsp3) is 0.667. The topological polar surface area (TPSA) is 68.3 Å². The molecule has 0 saturated heterocycles. The van der Waals surface area contributed by atoms with Crippen LogP contribution in [0.4, 0.5) is 0 Å². The van der Waals surface area contributed by atoms with Crippen molar-refractivity contribution >= 4 is 5.91 Å². The van der Waals surface area contributed by atoms with Crippen molar-refractivity contribution in [2.24, 2.45) is 11.1 Å².